The van der Waals surface area contributed by atoms with Gasteiger partial charge in [-0.05, 0) is 63.2 Å². The second-order valence-corrected chi connectivity index (χ2v) is 7.33. The second-order valence-electron chi connectivity index (χ2n) is 7.33. The van der Waals surface area contributed by atoms with Crippen molar-refractivity contribution in [3.8, 4) is 0 Å². The molecule has 1 saturated heterocycles. The summed E-state index contributed by atoms with van der Waals surface area (Å²) in [6.45, 7) is 5.99. The summed E-state index contributed by atoms with van der Waals surface area (Å²) in [7, 11) is 0. The maximum atomic E-state index is 6.60. The molecule has 0 radical (unpaired) electrons. The zero-order chi connectivity index (χ0) is 12.0. The minimum atomic E-state index is 0.0342. The molecular formula is C15H27NO. The first kappa shape index (κ1) is 12.0. The normalized spacial score (nSPS) is 39.9. The van der Waals surface area contributed by atoms with E-state index >= 15 is 0 Å². The SMILES string of the molecule is CC1(C)CCCC2(CC1)NCCC1(CCC1)O2. The van der Waals surface area contributed by atoms with Crippen LogP contribution in [0, 0.1) is 5.41 Å². The van der Waals surface area contributed by atoms with E-state index in [2.05, 4.69) is 19.2 Å². The molecule has 0 aromatic carbocycles. The van der Waals surface area contributed by atoms with Gasteiger partial charge in [-0.2, -0.15) is 0 Å². The van der Waals surface area contributed by atoms with Gasteiger partial charge in [0.2, 0.25) is 0 Å². The summed E-state index contributed by atoms with van der Waals surface area (Å²) < 4.78 is 6.60. The van der Waals surface area contributed by atoms with Gasteiger partial charge in [0.25, 0.3) is 0 Å². The fourth-order valence-corrected chi connectivity index (χ4v) is 3.86. The van der Waals surface area contributed by atoms with Crippen LogP contribution in [0.5, 0.6) is 0 Å². The van der Waals surface area contributed by atoms with E-state index in [1.807, 2.05) is 0 Å². The van der Waals surface area contributed by atoms with Crippen LogP contribution in [0.25, 0.3) is 0 Å². The Balaban J connectivity index is 1.72. The smallest absolute Gasteiger partial charge is 0.120 e. The summed E-state index contributed by atoms with van der Waals surface area (Å²) in [6.07, 6.45) is 11.6. The third kappa shape index (κ3) is 2.26. The molecule has 3 aliphatic rings. The summed E-state index contributed by atoms with van der Waals surface area (Å²) >= 11 is 0. The van der Waals surface area contributed by atoms with Gasteiger partial charge in [-0.15, -0.1) is 0 Å². The largest absolute Gasteiger partial charge is 0.354 e. The molecule has 3 fully saturated rings. The van der Waals surface area contributed by atoms with Crippen LogP contribution in [-0.4, -0.2) is 17.9 Å². The lowest BCUT2D eigenvalue weighted by Gasteiger charge is -2.53. The molecule has 0 bridgehead atoms. The molecule has 2 aliphatic carbocycles. The average molecular weight is 237 g/mol. The van der Waals surface area contributed by atoms with Gasteiger partial charge in [-0.1, -0.05) is 13.8 Å². The zero-order valence-corrected chi connectivity index (χ0v) is 11.5. The number of hydrogen-bond acceptors (Lipinski definition) is 2. The van der Waals surface area contributed by atoms with E-state index in [1.165, 1.54) is 64.3 Å². The number of rotatable bonds is 0. The summed E-state index contributed by atoms with van der Waals surface area (Å²) in [5.41, 5.74) is 0.824. The van der Waals surface area contributed by atoms with E-state index in [1.54, 1.807) is 0 Å². The van der Waals surface area contributed by atoms with Gasteiger partial charge in [0.1, 0.15) is 5.72 Å². The van der Waals surface area contributed by atoms with Gasteiger partial charge in [0.15, 0.2) is 0 Å². The lowest BCUT2D eigenvalue weighted by molar-refractivity contribution is -0.235. The predicted molar refractivity (Wildman–Crippen MR) is 69.9 cm³/mol. The Bertz CT molecular complexity index is 295. The van der Waals surface area contributed by atoms with Gasteiger partial charge in [0.05, 0.1) is 5.60 Å². The zero-order valence-electron chi connectivity index (χ0n) is 11.5. The molecule has 17 heavy (non-hydrogen) atoms. The lowest BCUT2D eigenvalue weighted by Crippen LogP contribution is -2.61. The highest BCUT2D eigenvalue weighted by molar-refractivity contribution is 4.99. The van der Waals surface area contributed by atoms with Gasteiger partial charge < -0.3 is 4.74 Å². The third-order valence-electron chi connectivity index (χ3n) is 5.34. The van der Waals surface area contributed by atoms with Crippen LogP contribution in [0.2, 0.25) is 0 Å². The van der Waals surface area contributed by atoms with Crippen molar-refractivity contribution in [1.82, 2.24) is 5.32 Å². The first-order chi connectivity index (χ1) is 8.04. The van der Waals surface area contributed by atoms with Gasteiger partial charge >= 0.3 is 0 Å². The van der Waals surface area contributed by atoms with Crippen molar-refractivity contribution in [2.75, 3.05) is 6.54 Å². The molecule has 2 spiro atoms. The Kier molecular flexibility index (Phi) is 2.79. The van der Waals surface area contributed by atoms with Crippen molar-refractivity contribution in [3.05, 3.63) is 0 Å². The van der Waals surface area contributed by atoms with Crippen LogP contribution in [0.4, 0.5) is 0 Å². The van der Waals surface area contributed by atoms with E-state index in [0.717, 1.165) is 0 Å². The fourth-order valence-electron chi connectivity index (χ4n) is 3.86. The highest BCUT2D eigenvalue weighted by Gasteiger charge is 2.49. The maximum Gasteiger partial charge on any atom is 0.120 e. The Morgan fingerprint density at radius 3 is 2.29 bits per heavy atom. The molecule has 1 unspecified atom stereocenters. The third-order valence-corrected chi connectivity index (χ3v) is 5.34. The molecule has 1 N–H and O–H groups in total. The Hall–Kier alpha value is -0.0800. The summed E-state index contributed by atoms with van der Waals surface area (Å²) in [5, 5.41) is 3.71. The van der Waals surface area contributed by atoms with Crippen LogP contribution in [-0.2, 0) is 4.74 Å². The molecule has 0 aromatic heterocycles. The van der Waals surface area contributed by atoms with Gasteiger partial charge in [-0.3, -0.25) is 5.32 Å². The minimum absolute atomic E-state index is 0.0342. The molecule has 0 aromatic rings. The number of ether oxygens (including phenoxy) is 1. The molecular weight excluding hydrogens is 210 g/mol. The Morgan fingerprint density at radius 1 is 0.824 bits per heavy atom. The standard InChI is InChI=1S/C15H27NO/c1-13(2)5-3-8-15(10-9-13)16-12-11-14(17-15)6-4-7-14/h16H,3-12H2,1-2H3. The van der Waals surface area contributed by atoms with E-state index in [4.69, 9.17) is 4.74 Å². The molecule has 98 valence electrons. The van der Waals surface area contributed by atoms with E-state index in [-0.39, 0.29) is 11.3 Å². The van der Waals surface area contributed by atoms with Gasteiger partial charge in [0, 0.05) is 6.54 Å². The van der Waals surface area contributed by atoms with Crippen molar-refractivity contribution in [1.29, 1.82) is 0 Å². The van der Waals surface area contributed by atoms with E-state index in [0.29, 0.717) is 5.41 Å². The van der Waals surface area contributed by atoms with Crippen LogP contribution in [0.15, 0.2) is 0 Å². The Labute approximate surface area is 105 Å². The molecule has 2 heteroatoms. The molecule has 2 saturated carbocycles. The minimum Gasteiger partial charge on any atom is -0.354 e. The first-order valence-corrected chi connectivity index (χ1v) is 7.49. The summed E-state index contributed by atoms with van der Waals surface area (Å²) in [4.78, 5) is 0. The molecule has 1 aliphatic heterocycles. The second kappa shape index (κ2) is 3.96. The summed E-state index contributed by atoms with van der Waals surface area (Å²) in [6, 6.07) is 0. The number of hydrogen-bond donors (Lipinski definition) is 1. The van der Waals surface area contributed by atoms with Crippen molar-refractivity contribution in [2.45, 2.75) is 83.0 Å². The van der Waals surface area contributed by atoms with Crippen molar-refractivity contribution < 1.29 is 4.74 Å². The average Bonchev–Trinajstić information content (AvgIpc) is 2.37. The highest BCUT2D eigenvalue weighted by atomic mass is 16.5. The topological polar surface area (TPSA) is 21.3 Å². The van der Waals surface area contributed by atoms with Crippen LogP contribution in [0.3, 0.4) is 0 Å². The quantitative estimate of drug-likeness (QED) is 0.695. The number of nitrogens with one attached hydrogen (secondary N) is 1. The van der Waals surface area contributed by atoms with Crippen molar-refractivity contribution in [2.24, 2.45) is 5.41 Å². The van der Waals surface area contributed by atoms with E-state index < -0.39 is 0 Å². The van der Waals surface area contributed by atoms with Crippen molar-refractivity contribution >= 4 is 0 Å². The monoisotopic (exact) mass is 237 g/mol. The molecule has 1 atom stereocenters. The molecule has 2 nitrogen and oxygen atoms in total. The highest BCUT2D eigenvalue weighted by Crippen LogP contribution is 2.48. The van der Waals surface area contributed by atoms with Crippen molar-refractivity contribution in [3.63, 3.8) is 0 Å². The van der Waals surface area contributed by atoms with E-state index in [9.17, 15) is 0 Å². The fraction of sp³-hybridized carbons (Fsp3) is 1.00. The molecule has 1 heterocycles. The first-order valence-electron chi connectivity index (χ1n) is 7.49. The van der Waals surface area contributed by atoms with Crippen LogP contribution < -0.4 is 5.32 Å². The van der Waals surface area contributed by atoms with Crippen LogP contribution in [0.1, 0.15) is 71.6 Å². The maximum absolute atomic E-state index is 6.60. The Morgan fingerprint density at radius 2 is 1.59 bits per heavy atom. The van der Waals surface area contributed by atoms with Gasteiger partial charge in [-0.25, -0.2) is 0 Å². The molecule has 0 amide bonds. The summed E-state index contributed by atoms with van der Waals surface area (Å²) in [5.74, 6) is 0. The predicted octanol–water partition coefficient (Wildman–Crippen LogP) is 3.61. The van der Waals surface area contributed by atoms with Crippen LogP contribution >= 0.6 is 0 Å². The lowest BCUT2D eigenvalue weighted by atomic mass is 9.75. The molecule has 3 rings (SSSR count).